The fourth-order valence-corrected chi connectivity index (χ4v) is 1.41. The van der Waals surface area contributed by atoms with Gasteiger partial charge >= 0.3 is 11.9 Å². The van der Waals surface area contributed by atoms with Crippen LogP contribution in [0.5, 0.6) is 0 Å². The van der Waals surface area contributed by atoms with E-state index in [4.69, 9.17) is 10.2 Å². The molecule has 0 radical (unpaired) electrons. The summed E-state index contributed by atoms with van der Waals surface area (Å²) in [7, 11) is 0. The molecule has 17 heavy (non-hydrogen) atoms. The molecule has 1 rings (SSSR count). The van der Waals surface area contributed by atoms with Crippen molar-refractivity contribution in [3.05, 3.63) is 35.9 Å². The van der Waals surface area contributed by atoms with Gasteiger partial charge in [0.15, 0.2) is 6.10 Å². The van der Waals surface area contributed by atoms with Gasteiger partial charge in [-0.05, 0) is 5.56 Å². The number of aliphatic hydroxyl groups is 1. The predicted octanol–water partition coefficient (Wildman–Crippen LogP) is -0.153. The van der Waals surface area contributed by atoms with E-state index in [0.717, 1.165) is 0 Å². The summed E-state index contributed by atoms with van der Waals surface area (Å²) >= 11 is 0. The zero-order valence-electron chi connectivity index (χ0n) is 8.91. The Morgan fingerprint density at radius 3 is 2.24 bits per heavy atom. The molecule has 0 spiro atoms. The molecule has 0 fully saturated rings. The Labute approximate surface area is 97.5 Å². The minimum atomic E-state index is -1.70. The maximum absolute atomic E-state index is 10.7. The summed E-state index contributed by atoms with van der Waals surface area (Å²) in [5.74, 6) is -2.53. The van der Waals surface area contributed by atoms with E-state index < -0.39 is 30.6 Å². The van der Waals surface area contributed by atoms with E-state index in [9.17, 15) is 14.7 Å². The van der Waals surface area contributed by atoms with Crippen LogP contribution in [0, 0.1) is 0 Å². The molecule has 0 bridgehead atoms. The van der Waals surface area contributed by atoms with E-state index in [2.05, 4.69) is 5.32 Å². The van der Waals surface area contributed by atoms with Crippen LogP contribution in [0.25, 0.3) is 0 Å². The quantitative estimate of drug-likeness (QED) is 0.550. The van der Waals surface area contributed by atoms with E-state index in [1.165, 1.54) is 0 Å². The highest BCUT2D eigenvalue weighted by Crippen LogP contribution is 2.16. The monoisotopic (exact) mass is 239 g/mol. The highest BCUT2D eigenvalue weighted by molar-refractivity contribution is 5.74. The van der Waals surface area contributed by atoms with Crippen LogP contribution in [0.15, 0.2) is 30.3 Å². The SMILES string of the molecule is O=C(O)CN[C@H](c1ccccc1)[C@@H](O)C(=O)O. The zero-order chi connectivity index (χ0) is 12.8. The van der Waals surface area contributed by atoms with Crippen molar-refractivity contribution in [2.75, 3.05) is 6.54 Å². The van der Waals surface area contributed by atoms with Gasteiger partial charge in [0.25, 0.3) is 0 Å². The molecule has 0 aromatic heterocycles. The molecule has 0 aliphatic rings. The normalized spacial score (nSPS) is 13.9. The van der Waals surface area contributed by atoms with E-state index >= 15 is 0 Å². The lowest BCUT2D eigenvalue weighted by Crippen LogP contribution is -2.39. The second kappa shape index (κ2) is 5.97. The summed E-state index contributed by atoms with van der Waals surface area (Å²) in [5.41, 5.74) is 0.517. The second-order valence-electron chi connectivity index (χ2n) is 3.45. The Bertz CT molecular complexity index is 392. The summed E-state index contributed by atoms with van der Waals surface area (Å²) in [6.07, 6.45) is -1.70. The van der Waals surface area contributed by atoms with Gasteiger partial charge in [-0.25, -0.2) is 4.79 Å². The number of carboxylic acids is 2. The first-order valence-electron chi connectivity index (χ1n) is 4.93. The van der Waals surface area contributed by atoms with Gasteiger partial charge in [0.05, 0.1) is 12.6 Å². The van der Waals surface area contributed by atoms with E-state index in [0.29, 0.717) is 5.56 Å². The lowest BCUT2D eigenvalue weighted by molar-refractivity contribution is -0.149. The third-order valence-electron chi connectivity index (χ3n) is 2.20. The largest absolute Gasteiger partial charge is 0.480 e. The van der Waals surface area contributed by atoms with Crippen LogP contribution in [0.3, 0.4) is 0 Å². The Balaban J connectivity index is 2.86. The lowest BCUT2D eigenvalue weighted by atomic mass is 10.0. The van der Waals surface area contributed by atoms with Gasteiger partial charge in [0, 0.05) is 0 Å². The Morgan fingerprint density at radius 2 is 1.76 bits per heavy atom. The summed E-state index contributed by atoms with van der Waals surface area (Å²) in [5, 5.41) is 29.3. The van der Waals surface area contributed by atoms with Crippen molar-refractivity contribution in [1.82, 2.24) is 5.32 Å². The van der Waals surface area contributed by atoms with Gasteiger partial charge in [0.2, 0.25) is 0 Å². The maximum Gasteiger partial charge on any atom is 0.334 e. The van der Waals surface area contributed by atoms with Crippen LogP contribution < -0.4 is 5.32 Å². The molecule has 6 nitrogen and oxygen atoms in total. The van der Waals surface area contributed by atoms with Crippen molar-refractivity contribution in [2.45, 2.75) is 12.1 Å². The maximum atomic E-state index is 10.7. The summed E-state index contributed by atoms with van der Waals surface area (Å²) in [4.78, 5) is 21.2. The number of rotatable bonds is 6. The highest BCUT2D eigenvalue weighted by atomic mass is 16.4. The molecule has 0 heterocycles. The molecule has 1 aromatic rings. The zero-order valence-corrected chi connectivity index (χ0v) is 8.91. The fraction of sp³-hybridized carbons (Fsp3) is 0.273. The molecular weight excluding hydrogens is 226 g/mol. The first kappa shape index (κ1) is 13.1. The second-order valence-corrected chi connectivity index (χ2v) is 3.45. The van der Waals surface area contributed by atoms with Gasteiger partial charge in [-0.2, -0.15) is 0 Å². The third-order valence-corrected chi connectivity index (χ3v) is 2.20. The lowest BCUT2D eigenvalue weighted by Gasteiger charge is -2.20. The number of benzene rings is 1. The number of hydrogen-bond acceptors (Lipinski definition) is 4. The molecule has 0 saturated heterocycles. The summed E-state index contributed by atoms with van der Waals surface area (Å²) < 4.78 is 0. The molecule has 0 saturated carbocycles. The third kappa shape index (κ3) is 3.86. The van der Waals surface area contributed by atoms with Crippen LogP contribution in [-0.2, 0) is 9.59 Å². The molecule has 2 atom stereocenters. The van der Waals surface area contributed by atoms with Gasteiger partial charge < -0.3 is 15.3 Å². The smallest absolute Gasteiger partial charge is 0.334 e. The molecule has 6 heteroatoms. The molecule has 0 unspecified atom stereocenters. The Morgan fingerprint density at radius 1 is 1.18 bits per heavy atom. The first-order chi connectivity index (χ1) is 8.02. The molecule has 0 amide bonds. The molecular formula is C11H13NO5. The topological polar surface area (TPSA) is 107 Å². The van der Waals surface area contributed by atoms with E-state index in [-0.39, 0.29) is 0 Å². The minimum absolute atomic E-state index is 0.427. The fourth-order valence-electron chi connectivity index (χ4n) is 1.41. The minimum Gasteiger partial charge on any atom is -0.480 e. The van der Waals surface area contributed by atoms with Crippen molar-refractivity contribution in [3.63, 3.8) is 0 Å². The van der Waals surface area contributed by atoms with Crippen LogP contribution in [0.1, 0.15) is 11.6 Å². The average Bonchev–Trinajstić information content (AvgIpc) is 2.30. The number of aliphatic hydroxyl groups excluding tert-OH is 1. The van der Waals surface area contributed by atoms with Crippen molar-refractivity contribution >= 4 is 11.9 Å². The van der Waals surface area contributed by atoms with Crippen molar-refractivity contribution in [1.29, 1.82) is 0 Å². The molecule has 92 valence electrons. The van der Waals surface area contributed by atoms with Crippen molar-refractivity contribution < 1.29 is 24.9 Å². The molecule has 4 N–H and O–H groups in total. The first-order valence-corrected chi connectivity index (χ1v) is 4.93. The van der Waals surface area contributed by atoms with Crippen LogP contribution >= 0.6 is 0 Å². The Hall–Kier alpha value is -1.92. The highest BCUT2D eigenvalue weighted by Gasteiger charge is 2.27. The molecule has 1 aromatic carbocycles. The van der Waals surface area contributed by atoms with Crippen LogP contribution in [0.2, 0.25) is 0 Å². The van der Waals surface area contributed by atoms with E-state index in [1.54, 1.807) is 30.3 Å². The number of carbonyl (C=O) groups is 2. The number of nitrogens with one attached hydrogen (secondary N) is 1. The van der Waals surface area contributed by atoms with Crippen molar-refractivity contribution in [2.24, 2.45) is 0 Å². The van der Waals surface area contributed by atoms with Crippen molar-refractivity contribution in [3.8, 4) is 0 Å². The molecule has 0 aliphatic heterocycles. The van der Waals surface area contributed by atoms with Gasteiger partial charge in [-0.1, -0.05) is 30.3 Å². The number of carboxylic acid groups (broad SMARTS) is 2. The number of hydrogen-bond donors (Lipinski definition) is 4. The van der Waals surface area contributed by atoms with Crippen LogP contribution in [-0.4, -0.2) is 39.9 Å². The molecule has 0 aliphatic carbocycles. The van der Waals surface area contributed by atoms with Gasteiger partial charge in [-0.15, -0.1) is 0 Å². The number of aliphatic carboxylic acids is 2. The van der Waals surface area contributed by atoms with Crippen LogP contribution in [0.4, 0.5) is 0 Å². The Kier molecular flexibility index (Phi) is 4.62. The summed E-state index contributed by atoms with van der Waals surface area (Å²) in [6, 6.07) is 7.38. The summed E-state index contributed by atoms with van der Waals surface area (Å²) in [6.45, 7) is -0.427. The van der Waals surface area contributed by atoms with Gasteiger partial charge in [0.1, 0.15) is 0 Å². The van der Waals surface area contributed by atoms with Gasteiger partial charge in [-0.3, -0.25) is 10.1 Å². The predicted molar refractivity (Wildman–Crippen MR) is 58.5 cm³/mol. The van der Waals surface area contributed by atoms with E-state index in [1.807, 2.05) is 0 Å². The average molecular weight is 239 g/mol. The standard InChI is InChI=1S/C11H13NO5/c13-8(14)6-12-9(10(15)11(16)17)7-4-2-1-3-5-7/h1-5,9-10,12,15H,6H2,(H,13,14)(H,16,17)/t9-,10-/m1/s1.